The van der Waals surface area contributed by atoms with E-state index in [1.165, 1.54) is 0 Å². The van der Waals surface area contributed by atoms with Gasteiger partial charge in [-0.15, -0.1) is 0 Å². The van der Waals surface area contributed by atoms with Gasteiger partial charge < -0.3 is 4.90 Å². The minimum atomic E-state index is 0.514. The number of hydrogen-bond acceptors (Lipinski definition) is 2. The fourth-order valence-electron chi connectivity index (χ4n) is 1.05. The smallest absolute Gasteiger partial charge is 0.0763 e. The summed E-state index contributed by atoms with van der Waals surface area (Å²) in [5, 5.41) is 3.32. The highest BCUT2D eigenvalue weighted by molar-refractivity contribution is 4.91. The molecule has 1 aliphatic rings. The second-order valence-corrected chi connectivity index (χ2v) is 2.30. The lowest BCUT2D eigenvalue weighted by Gasteiger charge is -2.30. The molecule has 0 bridgehead atoms. The summed E-state index contributed by atoms with van der Waals surface area (Å²) in [4.78, 5) is 2.27. The summed E-state index contributed by atoms with van der Waals surface area (Å²) in [6.45, 7) is 6.43. The monoisotopic (exact) mass is 126 g/mol. The van der Waals surface area contributed by atoms with E-state index >= 15 is 0 Å². The number of rotatable bonds is 1. The van der Waals surface area contributed by atoms with E-state index in [9.17, 15) is 0 Å². The first-order valence-electron chi connectivity index (χ1n) is 3.50. The Morgan fingerprint density at radius 1 is 1.78 bits per heavy atom. The van der Waals surface area contributed by atoms with E-state index in [2.05, 4.69) is 36.3 Å². The Morgan fingerprint density at radius 3 is 3.00 bits per heavy atom. The Morgan fingerprint density at radius 2 is 2.56 bits per heavy atom. The van der Waals surface area contributed by atoms with Gasteiger partial charge in [-0.25, -0.2) is 0 Å². The second-order valence-electron chi connectivity index (χ2n) is 2.30. The Kier molecular flexibility index (Phi) is 2.11. The Hall–Kier alpha value is -0.500. The van der Waals surface area contributed by atoms with Crippen LogP contribution in [-0.4, -0.2) is 24.2 Å². The van der Waals surface area contributed by atoms with Gasteiger partial charge in [0.05, 0.1) is 6.17 Å². The van der Waals surface area contributed by atoms with E-state index in [0.29, 0.717) is 6.17 Å². The normalized spacial score (nSPS) is 26.9. The molecule has 2 nitrogen and oxygen atoms in total. The van der Waals surface area contributed by atoms with Crippen LogP contribution in [0, 0.1) is 0 Å². The Bertz CT molecular complexity index is 109. The molecule has 0 radical (unpaired) electrons. The lowest BCUT2D eigenvalue weighted by molar-refractivity contribution is 0.254. The molecule has 0 aliphatic carbocycles. The predicted molar refractivity (Wildman–Crippen MR) is 39.0 cm³/mol. The van der Waals surface area contributed by atoms with E-state index < -0.39 is 0 Å². The first kappa shape index (κ1) is 6.62. The summed E-state index contributed by atoms with van der Waals surface area (Å²) < 4.78 is 0. The standard InChI is InChI=1S/C7H14N2/c1-3-9-6-4-5-8-7(9)2/h4,6-8H,3,5H2,1-2H3. The molecule has 0 aromatic carbocycles. The molecule has 1 aliphatic heterocycles. The van der Waals surface area contributed by atoms with Crippen molar-refractivity contribution in [1.29, 1.82) is 0 Å². The zero-order chi connectivity index (χ0) is 6.69. The SMILES string of the molecule is CCN1C=CCNC1C. The molecular formula is C7H14N2. The maximum Gasteiger partial charge on any atom is 0.0763 e. The van der Waals surface area contributed by atoms with E-state index in [4.69, 9.17) is 0 Å². The zero-order valence-corrected chi connectivity index (χ0v) is 6.09. The van der Waals surface area contributed by atoms with Crippen molar-refractivity contribution in [2.45, 2.75) is 20.0 Å². The molecule has 2 heteroatoms. The summed E-state index contributed by atoms with van der Waals surface area (Å²) in [6.07, 6.45) is 4.81. The molecular weight excluding hydrogens is 112 g/mol. The molecule has 0 saturated heterocycles. The van der Waals surface area contributed by atoms with Gasteiger partial charge in [0.1, 0.15) is 0 Å². The third kappa shape index (κ3) is 1.45. The summed E-state index contributed by atoms with van der Waals surface area (Å²) in [5.74, 6) is 0. The van der Waals surface area contributed by atoms with Crippen LogP contribution in [0.15, 0.2) is 12.3 Å². The van der Waals surface area contributed by atoms with Gasteiger partial charge in [-0.3, -0.25) is 5.32 Å². The third-order valence-corrected chi connectivity index (χ3v) is 1.69. The van der Waals surface area contributed by atoms with Crippen LogP contribution in [0.1, 0.15) is 13.8 Å². The highest BCUT2D eigenvalue weighted by Gasteiger charge is 2.08. The minimum absolute atomic E-state index is 0.514. The van der Waals surface area contributed by atoms with Crippen molar-refractivity contribution in [3.63, 3.8) is 0 Å². The molecule has 0 fully saturated rings. The van der Waals surface area contributed by atoms with Gasteiger partial charge in [0.25, 0.3) is 0 Å². The summed E-state index contributed by atoms with van der Waals surface area (Å²) in [7, 11) is 0. The largest absolute Gasteiger partial charge is 0.363 e. The molecule has 1 rings (SSSR count). The average Bonchev–Trinajstić information content (AvgIpc) is 1.89. The van der Waals surface area contributed by atoms with Crippen LogP contribution in [0.4, 0.5) is 0 Å². The summed E-state index contributed by atoms with van der Waals surface area (Å²) in [6, 6.07) is 0. The molecule has 0 aromatic rings. The molecule has 0 amide bonds. The molecule has 9 heavy (non-hydrogen) atoms. The zero-order valence-electron chi connectivity index (χ0n) is 6.09. The third-order valence-electron chi connectivity index (χ3n) is 1.69. The van der Waals surface area contributed by atoms with Crippen LogP contribution in [0.25, 0.3) is 0 Å². The van der Waals surface area contributed by atoms with Gasteiger partial charge in [0.15, 0.2) is 0 Å². The van der Waals surface area contributed by atoms with Crippen molar-refractivity contribution in [2.24, 2.45) is 0 Å². The van der Waals surface area contributed by atoms with Crippen molar-refractivity contribution >= 4 is 0 Å². The lowest BCUT2D eigenvalue weighted by Crippen LogP contribution is -2.43. The topological polar surface area (TPSA) is 15.3 Å². The molecule has 1 N–H and O–H groups in total. The van der Waals surface area contributed by atoms with Crippen molar-refractivity contribution in [2.75, 3.05) is 13.1 Å². The van der Waals surface area contributed by atoms with Crippen LogP contribution >= 0.6 is 0 Å². The molecule has 1 atom stereocenters. The van der Waals surface area contributed by atoms with E-state index in [0.717, 1.165) is 13.1 Å². The minimum Gasteiger partial charge on any atom is -0.363 e. The van der Waals surface area contributed by atoms with Crippen LogP contribution < -0.4 is 5.32 Å². The number of hydrogen-bond donors (Lipinski definition) is 1. The van der Waals surface area contributed by atoms with E-state index in [-0.39, 0.29) is 0 Å². The first-order chi connectivity index (χ1) is 4.34. The first-order valence-corrected chi connectivity index (χ1v) is 3.50. The fourth-order valence-corrected chi connectivity index (χ4v) is 1.05. The van der Waals surface area contributed by atoms with Crippen molar-refractivity contribution in [3.05, 3.63) is 12.3 Å². The quantitative estimate of drug-likeness (QED) is 0.558. The maximum atomic E-state index is 3.32. The lowest BCUT2D eigenvalue weighted by atomic mass is 10.3. The number of nitrogens with one attached hydrogen (secondary N) is 1. The molecule has 0 saturated carbocycles. The van der Waals surface area contributed by atoms with Gasteiger partial charge in [-0.1, -0.05) is 6.08 Å². The Labute approximate surface area is 56.5 Å². The van der Waals surface area contributed by atoms with Crippen molar-refractivity contribution in [3.8, 4) is 0 Å². The van der Waals surface area contributed by atoms with E-state index in [1.807, 2.05) is 0 Å². The summed E-state index contributed by atoms with van der Waals surface area (Å²) in [5.41, 5.74) is 0. The van der Waals surface area contributed by atoms with Crippen LogP contribution in [0.3, 0.4) is 0 Å². The highest BCUT2D eigenvalue weighted by Crippen LogP contribution is 1.99. The predicted octanol–water partition coefficient (Wildman–Crippen LogP) is 0.771. The maximum absolute atomic E-state index is 3.32. The summed E-state index contributed by atoms with van der Waals surface area (Å²) >= 11 is 0. The van der Waals surface area contributed by atoms with Crippen molar-refractivity contribution in [1.82, 2.24) is 10.2 Å². The van der Waals surface area contributed by atoms with Gasteiger partial charge >= 0.3 is 0 Å². The second kappa shape index (κ2) is 2.87. The molecule has 52 valence electrons. The molecule has 1 heterocycles. The Balaban J connectivity index is 2.46. The van der Waals surface area contributed by atoms with Gasteiger partial charge in [0, 0.05) is 13.1 Å². The van der Waals surface area contributed by atoms with Crippen LogP contribution in [-0.2, 0) is 0 Å². The fraction of sp³-hybridized carbons (Fsp3) is 0.714. The number of nitrogens with zero attached hydrogens (tertiary/aromatic N) is 1. The van der Waals surface area contributed by atoms with Gasteiger partial charge in [0.2, 0.25) is 0 Å². The van der Waals surface area contributed by atoms with Crippen LogP contribution in [0.5, 0.6) is 0 Å². The van der Waals surface area contributed by atoms with Gasteiger partial charge in [-0.05, 0) is 20.0 Å². The molecule has 0 spiro atoms. The molecule has 1 unspecified atom stereocenters. The highest BCUT2D eigenvalue weighted by atomic mass is 15.3. The van der Waals surface area contributed by atoms with Crippen LogP contribution in [0.2, 0.25) is 0 Å². The molecule has 0 aromatic heterocycles. The van der Waals surface area contributed by atoms with Crippen molar-refractivity contribution < 1.29 is 0 Å². The van der Waals surface area contributed by atoms with Gasteiger partial charge in [-0.2, -0.15) is 0 Å². The average molecular weight is 126 g/mol. The van der Waals surface area contributed by atoms with E-state index in [1.54, 1.807) is 0 Å².